The maximum atomic E-state index is 16.0. The number of rotatable bonds is 6. The van der Waals surface area contributed by atoms with E-state index in [2.05, 4.69) is 5.32 Å². The number of alkyl halides is 4. The molecule has 3 saturated heterocycles. The fraction of sp³-hybridized carbons (Fsp3) is 0.609. The summed E-state index contributed by atoms with van der Waals surface area (Å²) >= 11 is 0. The van der Waals surface area contributed by atoms with E-state index in [9.17, 15) is 31.2 Å². The Labute approximate surface area is 212 Å². The highest BCUT2D eigenvalue weighted by molar-refractivity contribution is 7.86. The van der Waals surface area contributed by atoms with Crippen LogP contribution < -0.4 is 5.32 Å². The molecule has 2 atom stereocenters. The van der Waals surface area contributed by atoms with Crippen molar-refractivity contribution in [2.45, 2.75) is 50.1 Å². The molecule has 202 valence electrons. The summed E-state index contributed by atoms with van der Waals surface area (Å²) in [5, 5.41) is 11.5. The molecule has 0 aromatic heterocycles. The zero-order chi connectivity index (χ0) is 27.0. The molecule has 3 heterocycles. The Balaban J connectivity index is 1.38. The Morgan fingerprint density at radius 1 is 1.11 bits per heavy atom. The molecule has 37 heavy (non-hydrogen) atoms. The first-order valence-electron chi connectivity index (χ1n) is 11.9. The van der Waals surface area contributed by atoms with E-state index in [4.69, 9.17) is 5.26 Å². The van der Waals surface area contributed by atoms with Gasteiger partial charge in [0.05, 0.1) is 24.1 Å². The van der Waals surface area contributed by atoms with Crippen LogP contribution in [-0.4, -0.2) is 78.2 Å². The lowest BCUT2D eigenvalue weighted by Gasteiger charge is -2.42. The van der Waals surface area contributed by atoms with Crippen molar-refractivity contribution in [3.05, 3.63) is 35.4 Å². The first kappa shape index (κ1) is 27.3. The number of likely N-dealkylation sites (tertiary alicyclic amines) is 1. The molecule has 1 aromatic carbocycles. The molecular formula is C23H27F4N5O4S. The van der Waals surface area contributed by atoms with E-state index in [1.807, 2.05) is 6.07 Å². The van der Waals surface area contributed by atoms with Gasteiger partial charge in [0, 0.05) is 32.7 Å². The standard InChI is InChI=1S/C23H27F4N5O4S/c24-22(8-2-9-30(15-22)37(35,36)31-13-17(11-28)14-31)21(34)32-10-1-3-19(32)20(33)29-12-16-4-6-18(7-5-16)23(25,26)27/h4-7,17,19H,1-3,8-10,12-15H2,(H,29,33)/t19-,22?/m1/s1. The first-order valence-corrected chi connectivity index (χ1v) is 13.3. The number of carbonyl (C=O) groups excluding carboxylic acids is 2. The lowest BCUT2D eigenvalue weighted by atomic mass is 9.94. The zero-order valence-electron chi connectivity index (χ0n) is 19.9. The normalized spacial score (nSPS) is 25.9. The minimum atomic E-state index is -4.48. The number of hydrogen-bond donors (Lipinski definition) is 1. The summed E-state index contributed by atoms with van der Waals surface area (Å²) in [6.07, 6.45) is -3.81. The predicted molar refractivity (Wildman–Crippen MR) is 122 cm³/mol. The molecule has 0 spiro atoms. The smallest absolute Gasteiger partial charge is 0.350 e. The van der Waals surface area contributed by atoms with Gasteiger partial charge >= 0.3 is 6.18 Å². The average molecular weight is 546 g/mol. The van der Waals surface area contributed by atoms with Crippen LogP contribution in [0.25, 0.3) is 0 Å². The Bertz CT molecular complexity index is 1180. The van der Waals surface area contributed by atoms with Crippen molar-refractivity contribution < 1.29 is 35.6 Å². The second-order valence-corrected chi connectivity index (χ2v) is 11.6. The predicted octanol–water partition coefficient (Wildman–Crippen LogP) is 1.82. The Morgan fingerprint density at radius 3 is 2.41 bits per heavy atom. The number of carbonyl (C=O) groups is 2. The van der Waals surface area contributed by atoms with E-state index in [0.29, 0.717) is 12.0 Å². The van der Waals surface area contributed by atoms with E-state index >= 15 is 4.39 Å². The largest absolute Gasteiger partial charge is 0.416 e. The monoisotopic (exact) mass is 545 g/mol. The van der Waals surface area contributed by atoms with Crippen LogP contribution in [0.4, 0.5) is 17.6 Å². The zero-order valence-corrected chi connectivity index (χ0v) is 20.7. The topological polar surface area (TPSA) is 114 Å². The number of benzene rings is 1. The Morgan fingerprint density at radius 2 is 1.78 bits per heavy atom. The van der Waals surface area contributed by atoms with Crippen molar-refractivity contribution in [2.24, 2.45) is 5.92 Å². The summed E-state index contributed by atoms with van der Waals surface area (Å²) in [7, 11) is -4.02. The molecule has 14 heteroatoms. The molecule has 0 aliphatic carbocycles. The molecule has 2 amide bonds. The quantitative estimate of drug-likeness (QED) is 0.548. The van der Waals surface area contributed by atoms with E-state index in [1.165, 1.54) is 12.1 Å². The average Bonchev–Trinajstić information content (AvgIpc) is 3.31. The first-order chi connectivity index (χ1) is 17.3. The number of piperidine rings is 1. The fourth-order valence-electron chi connectivity index (χ4n) is 4.87. The van der Waals surface area contributed by atoms with Crippen molar-refractivity contribution in [1.82, 2.24) is 18.8 Å². The molecule has 3 fully saturated rings. The summed E-state index contributed by atoms with van der Waals surface area (Å²) in [6, 6.07) is 5.31. The van der Waals surface area contributed by atoms with Crippen molar-refractivity contribution in [3.8, 4) is 6.07 Å². The van der Waals surface area contributed by atoms with Crippen molar-refractivity contribution in [2.75, 3.05) is 32.7 Å². The summed E-state index contributed by atoms with van der Waals surface area (Å²) in [5.74, 6) is -1.92. The molecule has 0 radical (unpaired) electrons. The second kappa shape index (κ2) is 10.2. The highest BCUT2D eigenvalue weighted by atomic mass is 32.2. The molecule has 0 bridgehead atoms. The van der Waals surface area contributed by atoms with Gasteiger partial charge in [0.2, 0.25) is 11.6 Å². The highest BCUT2D eigenvalue weighted by Crippen LogP contribution is 2.34. The molecule has 1 aromatic rings. The van der Waals surface area contributed by atoms with Crippen LogP contribution in [0.15, 0.2) is 24.3 Å². The van der Waals surface area contributed by atoms with Crippen LogP contribution in [-0.2, 0) is 32.5 Å². The van der Waals surface area contributed by atoms with Gasteiger partial charge in [-0.2, -0.15) is 35.5 Å². The lowest BCUT2D eigenvalue weighted by Crippen LogP contribution is -2.62. The van der Waals surface area contributed by atoms with Crippen molar-refractivity contribution in [3.63, 3.8) is 0 Å². The lowest BCUT2D eigenvalue weighted by molar-refractivity contribution is -0.150. The third kappa shape index (κ3) is 5.58. The van der Waals surface area contributed by atoms with Crippen molar-refractivity contribution >= 4 is 22.0 Å². The van der Waals surface area contributed by atoms with E-state index in [0.717, 1.165) is 25.6 Å². The van der Waals surface area contributed by atoms with Gasteiger partial charge in [-0.15, -0.1) is 0 Å². The van der Waals surface area contributed by atoms with Gasteiger partial charge in [-0.3, -0.25) is 9.59 Å². The van der Waals surface area contributed by atoms with Gasteiger partial charge in [-0.05, 0) is 43.4 Å². The SMILES string of the molecule is N#CC1CN(S(=O)(=O)N2CCCC(F)(C(=O)N3CCC[C@@H]3C(=O)NCc3ccc(C(F)(F)F)cc3)C2)C1. The molecule has 3 aliphatic rings. The van der Waals surface area contributed by atoms with E-state index in [1.54, 1.807) is 0 Å². The van der Waals surface area contributed by atoms with E-state index < -0.39 is 57.9 Å². The maximum Gasteiger partial charge on any atom is 0.416 e. The fourth-order valence-corrected chi connectivity index (χ4v) is 6.67. The van der Waals surface area contributed by atoms with Gasteiger partial charge in [0.15, 0.2) is 0 Å². The van der Waals surface area contributed by atoms with Crippen LogP contribution >= 0.6 is 0 Å². The maximum absolute atomic E-state index is 16.0. The van der Waals surface area contributed by atoms with Crippen LogP contribution in [0.5, 0.6) is 0 Å². The number of nitrogens with zero attached hydrogens (tertiary/aromatic N) is 4. The van der Waals surface area contributed by atoms with Gasteiger partial charge in [0.25, 0.3) is 16.1 Å². The molecule has 0 saturated carbocycles. The Hall–Kier alpha value is -2.76. The molecule has 9 nitrogen and oxygen atoms in total. The summed E-state index contributed by atoms with van der Waals surface area (Å²) in [6.45, 7) is -0.510. The third-order valence-electron chi connectivity index (χ3n) is 7.04. The number of nitrogens with one attached hydrogen (secondary N) is 1. The molecular weight excluding hydrogens is 518 g/mol. The van der Waals surface area contributed by atoms with Gasteiger partial charge < -0.3 is 10.2 Å². The molecule has 1 unspecified atom stereocenters. The highest BCUT2D eigenvalue weighted by Gasteiger charge is 2.52. The Kier molecular flexibility index (Phi) is 7.51. The van der Waals surface area contributed by atoms with Crippen LogP contribution in [0, 0.1) is 17.2 Å². The van der Waals surface area contributed by atoms with Gasteiger partial charge in [-0.1, -0.05) is 12.1 Å². The van der Waals surface area contributed by atoms with Gasteiger partial charge in [-0.25, -0.2) is 4.39 Å². The van der Waals surface area contributed by atoms with Gasteiger partial charge in [0.1, 0.15) is 6.04 Å². The van der Waals surface area contributed by atoms with E-state index in [-0.39, 0.29) is 52.0 Å². The number of nitriles is 1. The minimum Gasteiger partial charge on any atom is -0.350 e. The molecule has 3 aliphatic heterocycles. The third-order valence-corrected chi connectivity index (χ3v) is 8.95. The van der Waals surface area contributed by atoms with Crippen LogP contribution in [0.1, 0.15) is 36.8 Å². The number of amides is 2. The summed E-state index contributed by atoms with van der Waals surface area (Å²) in [4.78, 5) is 27.2. The minimum absolute atomic E-state index is 0.0237. The summed E-state index contributed by atoms with van der Waals surface area (Å²) in [5.41, 5.74) is -2.89. The molecule has 4 rings (SSSR count). The van der Waals surface area contributed by atoms with Crippen LogP contribution in [0.2, 0.25) is 0 Å². The van der Waals surface area contributed by atoms with Crippen LogP contribution in [0.3, 0.4) is 0 Å². The van der Waals surface area contributed by atoms with Crippen molar-refractivity contribution in [1.29, 1.82) is 5.26 Å². The number of halogens is 4. The molecule has 1 N–H and O–H groups in total. The number of hydrogen-bond acceptors (Lipinski definition) is 5. The summed E-state index contributed by atoms with van der Waals surface area (Å²) < 4.78 is 81.9. The second-order valence-electron chi connectivity index (χ2n) is 9.62.